The van der Waals surface area contributed by atoms with Crippen LogP contribution in [-0.2, 0) is 9.84 Å². The number of ether oxygens (including phenoxy) is 1. The number of hydrogen-bond donors (Lipinski definition) is 1. The summed E-state index contributed by atoms with van der Waals surface area (Å²) in [7, 11) is -3.11. The minimum atomic E-state index is -3.11. The maximum Gasteiger partial charge on any atom is 0.256 e. The Morgan fingerprint density at radius 1 is 1.26 bits per heavy atom. The predicted molar refractivity (Wildman–Crippen MR) is 133 cm³/mol. The lowest BCUT2D eigenvalue weighted by Crippen LogP contribution is -2.15. The van der Waals surface area contributed by atoms with Gasteiger partial charge in [0, 0.05) is 5.69 Å². The summed E-state index contributed by atoms with van der Waals surface area (Å²) in [6, 6.07) is 12.6. The first kappa shape index (κ1) is 22.5. The molecule has 0 spiro atoms. The van der Waals surface area contributed by atoms with Crippen molar-refractivity contribution in [3.05, 3.63) is 59.1 Å². The Morgan fingerprint density at radius 3 is 2.71 bits per heavy atom. The van der Waals surface area contributed by atoms with Gasteiger partial charge in [0.1, 0.15) is 5.75 Å². The van der Waals surface area contributed by atoms with Gasteiger partial charge in [-0.1, -0.05) is 6.07 Å². The molecule has 4 heterocycles. The lowest BCUT2D eigenvalue weighted by atomic mass is 10.1. The van der Waals surface area contributed by atoms with Crippen LogP contribution in [0.5, 0.6) is 5.75 Å². The second-order valence-electron chi connectivity index (χ2n) is 8.23. The van der Waals surface area contributed by atoms with E-state index in [1.54, 1.807) is 22.9 Å². The van der Waals surface area contributed by atoms with Crippen LogP contribution in [0.1, 0.15) is 35.4 Å². The summed E-state index contributed by atoms with van der Waals surface area (Å²) in [4.78, 5) is 19.2. The number of nitrogens with one attached hydrogen (secondary N) is 1. The fourth-order valence-electron chi connectivity index (χ4n) is 4.27. The van der Waals surface area contributed by atoms with E-state index in [4.69, 9.17) is 9.72 Å². The SMILES string of the molecule is CCOc1ccc(NC(=O)c2cc(-c3cccs3)nc3c2c(C)nn3C2CCS(=O)(=O)C2)cc1. The fourth-order valence-corrected chi connectivity index (χ4v) is 6.64. The number of hydrogen-bond acceptors (Lipinski definition) is 7. The summed E-state index contributed by atoms with van der Waals surface area (Å²) in [5, 5.41) is 10.2. The molecule has 1 aliphatic heterocycles. The van der Waals surface area contributed by atoms with Crippen LogP contribution in [0.2, 0.25) is 0 Å². The molecule has 10 heteroatoms. The van der Waals surface area contributed by atoms with Crippen LogP contribution < -0.4 is 10.1 Å². The predicted octanol–water partition coefficient (Wildman–Crippen LogP) is 4.48. The van der Waals surface area contributed by atoms with Crippen LogP contribution in [0.25, 0.3) is 21.6 Å². The molecule has 4 aromatic rings. The molecule has 1 N–H and O–H groups in total. The molecule has 1 aromatic carbocycles. The van der Waals surface area contributed by atoms with Crippen molar-refractivity contribution in [1.82, 2.24) is 14.8 Å². The molecule has 1 unspecified atom stereocenters. The normalized spacial score (nSPS) is 17.2. The largest absolute Gasteiger partial charge is 0.494 e. The molecular formula is C24H24N4O4S2. The van der Waals surface area contributed by atoms with Crippen LogP contribution in [0.3, 0.4) is 0 Å². The molecule has 0 aliphatic carbocycles. The molecular weight excluding hydrogens is 472 g/mol. The van der Waals surface area contributed by atoms with E-state index in [9.17, 15) is 13.2 Å². The molecule has 176 valence electrons. The van der Waals surface area contributed by atoms with Gasteiger partial charge >= 0.3 is 0 Å². The van der Waals surface area contributed by atoms with Gasteiger partial charge in [0.25, 0.3) is 5.91 Å². The molecule has 1 amide bonds. The van der Waals surface area contributed by atoms with Crippen LogP contribution in [0, 0.1) is 6.92 Å². The molecule has 0 bridgehead atoms. The highest BCUT2D eigenvalue weighted by atomic mass is 32.2. The van der Waals surface area contributed by atoms with Gasteiger partial charge in [-0.15, -0.1) is 11.3 Å². The number of fused-ring (bicyclic) bond motifs is 1. The van der Waals surface area contributed by atoms with E-state index >= 15 is 0 Å². The zero-order chi connectivity index (χ0) is 23.9. The van der Waals surface area contributed by atoms with Gasteiger partial charge in [-0.25, -0.2) is 18.1 Å². The molecule has 3 aromatic heterocycles. The zero-order valence-electron chi connectivity index (χ0n) is 18.8. The molecule has 1 atom stereocenters. The highest BCUT2D eigenvalue weighted by molar-refractivity contribution is 7.91. The topological polar surface area (TPSA) is 103 Å². The molecule has 5 rings (SSSR count). The lowest BCUT2D eigenvalue weighted by Gasteiger charge is -2.12. The third-order valence-corrected chi connectivity index (χ3v) is 8.48. The van der Waals surface area contributed by atoms with E-state index in [0.29, 0.717) is 46.7 Å². The van der Waals surface area contributed by atoms with Crippen molar-refractivity contribution in [3.8, 4) is 16.3 Å². The van der Waals surface area contributed by atoms with Crippen molar-refractivity contribution in [1.29, 1.82) is 0 Å². The molecule has 34 heavy (non-hydrogen) atoms. The van der Waals surface area contributed by atoms with Crippen molar-refractivity contribution < 1.29 is 17.9 Å². The molecule has 1 saturated heterocycles. The van der Waals surface area contributed by atoms with Gasteiger partial charge in [-0.05, 0) is 62.0 Å². The second-order valence-corrected chi connectivity index (χ2v) is 11.4. The lowest BCUT2D eigenvalue weighted by molar-refractivity contribution is 0.102. The number of pyridine rings is 1. The van der Waals surface area contributed by atoms with Gasteiger partial charge < -0.3 is 10.1 Å². The molecule has 0 saturated carbocycles. The average Bonchev–Trinajstić information content (AvgIpc) is 3.54. The Balaban J connectivity index is 1.59. The number of thiophene rings is 1. The Labute approximate surface area is 201 Å². The summed E-state index contributed by atoms with van der Waals surface area (Å²) in [6.07, 6.45) is 0.483. The minimum absolute atomic E-state index is 0.0296. The smallest absolute Gasteiger partial charge is 0.256 e. The van der Waals surface area contributed by atoms with E-state index in [-0.39, 0.29) is 23.5 Å². The van der Waals surface area contributed by atoms with Crippen molar-refractivity contribution >= 4 is 43.8 Å². The van der Waals surface area contributed by atoms with E-state index in [2.05, 4.69) is 10.4 Å². The number of rotatable bonds is 6. The number of amides is 1. The van der Waals surface area contributed by atoms with Crippen LogP contribution in [-0.4, -0.2) is 47.2 Å². The maximum absolute atomic E-state index is 13.4. The summed E-state index contributed by atoms with van der Waals surface area (Å²) in [5.74, 6) is 0.613. The zero-order valence-corrected chi connectivity index (χ0v) is 20.4. The van der Waals surface area contributed by atoms with Gasteiger partial charge in [-0.2, -0.15) is 5.10 Å². The van der Waals surface area contributed by atoms with Crippen LogP contribution in [0.15, 0.2) is 47.8 Å². The Kier molecular flexibility index (Phi) is 5.86. The standard InChI is InChI=1S/C24H24N4O4S2/c1-3-32-18-8-6-16(7-9-18)25-24(29)19-13-20(21-5-4-11-33-21)26-23-22(19)15(2)27-28(23)17-10-12-34(30,31)14-17/h4-9,11,13,17H,3,10,12,14H2,1-2H3,(H,25,29). The van der Waals surface area contributed by atoms with E-state index in [1.807, 2.05) is 43.5 Å². The van der Waals surface area contributed by atoms with Crippen molar-refractivity contribution in [2.75, 3.05) is 23.4 Å². The second kappa shape index (κ2) is 8.84. The highest BCUT2D eigenvalue weighted by Gasteiger charge is 2.32. The van der Waals surface area contributed by atoms with E-state index in [1.165, 1.54) is 11.3 Å². The van der Waals surface area contributed by atoms with Crippen molar-refractivity contribution in [2.45, 2.75) is 26.3 Å². The first-order chi connectivity index (χ1) is 16.3. The molecule has 8 nitrogen and oxygen atoms in total. The van der Waals surface area contributed by atoms with Gasteiger partial charge in [0.2, 0.25) is 0 Å². The fraction of sp³-hybridized carbons (Fsp3) is 0.292. The van der Waals surface area contributed by atoms with E-state index < -0.39 is 9.84 Å². The van der Waals surface area contributed by atoms with Crippen molar-refractivity contribution in [3.63, 3.8) is 0 Å². The van der Waals surface area contributed by atoms with Crippen LogP contribution in [0.4, 0.5) is 5.69 Å². The Hall–Kier alpha value is -3.24. The average molecular weight is 497 g/mol. The number of benzene rings is 1. The quantitative estimate of drug-likeness (QED) is 0.422. The third-order valence-electron chi connectivity index (χ3n) is 5.83. The third kappa shape index (κ3) is 4.30. The number of anilines is 1. The Bertz CT molecular complexity index is 1460. The Morgan fingerprint density at radius 2 is 2.06 bits per heavy atom. The molecule has 1 aliphatic rings. The van der Waals surface area contributed by atoms with E-state index in [0.717, 1.165) is 10.6 Å². The van der Waals surface area contributed by atoms with Gasteiger partial charge in [0.15, 0.2) is 15.5 Å². The number of aromatic nitrogens is 3. The molecule has 0 radical (unpaired) electrons. The minimum Gasteiger partial charge on any atom is -0.494 e. The van der Waals surface area contributed by atoms with Crippen LogP contribution >= 0.6 is 11.3 Å². The summed E-state index contributed by atoms with van der Waals surface area (Å²) in [5.41, 5.74) is 2.92. The summed E-state index contributed by atoms with van der Waals surface area (Å²) < 4.78 is 31.4. The highest BCUT2D eigenvalue weighted by Crippen LogP contribution is 2.33. The number of aryl methyl sites for hydroxylation is 1. The number of carbonyl (C=O) groups excluding carboxylic acids is 1. The summed E-state index contributed by atoms with van der Waals surface area (Å²) in [6.45, 7) is 4.30. The number of nitrogens with zero attached hydrogens (tertiary/aromatic N) is 3. The first-order valence-electron chi connectivity index (χ1n) is 11.0. The maximum atomic E-state index is 13.4. The monoisotopic (exact) mass is 496 g/mol. The first-order valence-corrected chi connectivity index (χ1v) is 13.7. The number of sulfone groups is 1. The van der Waals surface area contributed by atoms with Crippen molar-refractivity contribution in [2.24, 2.45) is 0 Å². The summed E-state index contributed by atoms with van der Waals surface area (Å²) >= 11 is 1.53. The number of carbonyl (C=O) groups is 1. The van der Waals surface area contributed by atoms with Gasteiger partial charge in [0.05, 0.1) is 51.4 Å². The van der Waals surface area contributed by atoms with Gasteiger partial charge in [-0.3, -0.25) is 4.79 Å². The molecule has 1 fully saturated rings.